The minimum atomic E-state index is -3.70. The van der Waals surface area contributed by atoms with E-state index in [-0.39, 0.29) is 10.8 Å². The molecule has 0 unspecified atom stereocenters. The van der Waals surface area contributed by atoms with Gasteiger partial charge in [-0.15, -0.1) is 0 Å². The van der Waals surface area contributed by atoms with E-state index in [1.165, 1.54) is 0 Å². The fourth-order valence-electron chi connectivity index (χ4n) is 3.43. The van der Waals surface area contributed by atoms with Gasteiger partial charge in [0.05, 0.1) is 10.6 Å². The van der Waals surface area contributed by atoms with E-state index in [0.29, 0.717) is 17.8 Å². The second kappa shape index (κ2) is 9.30. The van der Waals surface area contributed by atoms with E-state index in [0.717, 1.165) is 22.6 Å². The number of carbonyl (C=O) groups excluding carboxylic acids is 1. The molecule has 0 radical (unpaired) electrons. The van der Waals surface area contributed by atoms with Crippen molar-refractivity contribution >= 4 is 21.6 Å². The molecule has 7 nitrogen and oxygen atoms in total. The Bertz CT molecular complexity index is 1380. The van der Waals surface area contributed by atoms with Crippen LogP contribution >= 0.6 is 0 Å². The molecule has 8 heteroatoms. The molecule has 4 aromatic rings. The second-order valence-corrected chi connectivity index (χ2v) is 9.33. The zero-order valence-electron chi connectivity index (χ0n) is 18.3. The molecule has 1 amide bonds. The third-order valence-electron chi connectivity index (χ3n) is 5.25. The lowest BCUT2D eigenvalue weighted by molar-refractivity contribution is 0.0951. The van der Waals surface area contributed by atoms with E-state index >= 15 is 0 Å². The zero-order chi connectivity index (χ0) is 23.4. The van der Waals surface area contributed by atoms with Gasteiger partial charge in [0.2, 0.25) is 0 Å². The number of hydrogen-bond acceptors (Lipinski definition) is 4. The average Bonchev–Trinajstić information content (AvgIpc) is 3.24. The number of amides is 1. The molecule has 0 saturated carbocycles. The Hall–Kier alpha value is -3.91. The quantitative estimate of drug-likeness (QED) is 0.432. The Morgan fingerprint density at radius 1 is 0.939 bits per heavy atom. The van der Waals surface area contributed by atoms with Crippen LogP contribution in [0.15, 0.2) is 90.1 Å². The van der Waals surface area contributed by atoms with Crippen LogP contribution in [0, 0.1) is 13.8 Å². The number of imidazole rings is 1. The molecular weight excluding hydrogens is 436 g/mol. The smallest absolute Gasteiger partial charge is 0.261 e. The molecule has 0 fully saturated rings. The molecule has 0 saturated heterocycles. The van der Waals surface area contributed by atoms with E-state index in [4.69, 9.17) is 0 Å². The standard InChI is InChI=1S/C25H24N4O3S/c1-18-7-13-23(14-8-18)33(31,32)28-22-11-9-20(10-12-22)25(30)27-17-21-5-3-4-6-24(21)29-16-15-26-19(29)2/h3-16,28H,17H2,1-2H3,(H,27,30). The monoisotopic (exact) mass is 460 g/mol. The molecule has 0 atom stereocenters. The Kier molecular flexibility index (Phi) is 6.28. The summed E-state index contributed by atoms with van der Waals surface area (Å²) < 4.78 is 29.6. The number of para-hydroxylation sites is 1. The first-order chi connectivity index (χ1) is 15.8. The van der Waals surface area contributed by atoms with Gasteiger partial charge in [0.15, 0.2) is 0 Å². The number of rotatable bonds is 7. The Morgan fingerprint density at radius 2 is 1.64 bits per heavy atom. The lowest BCUT2D eigenvalue weighted by Crippen LogP contribution is -2.23. The molecule has 0 aliphatic heterocycles. The van der Waals surface area contributed by atoms with Gasteiger partial charge in [-0.3, -0.25) is 9.52 Å². The summed E-state index contributed by atoms with van der Waals surface area (Å²) >= 11 is 0. The highest BCUT2D eigenvalue weighted by molar-refractivity contribution is 7.92. The van der Waals surface area contributed by atoms with Crippen molar-refractivity contribution in [2.75, 3.05) is 4.72 Å². The van der Waals surface area contributed by atoms with E-state index in [9.17, 15) is 13.2 Å². The fourth-order valence-corrected chi connectivity index (χ4v) is 4.49. The van der Waals surface area contributed by atoms with Crippen LogP contribution < -0.4 is 10.0 Å². The van der Waals surface area contributed by atoms with Crippen molar-refractivity contribution in [3.8, 4) is 5.69 Å². The number of nitrogens with zero attached hydrogens (tertiary/aromatic N) is 2. The van der Waals surface area contributed by atoms with E-state index < -0.39 is 10.0 Å². The maximum atomic E-state index is 12.7. The number of carbonyl (C=O) groups is 1. The summed E-state index contributed by atoms with van der Waals surface area (Å²) in [6.45, 7) is 4.16. The third-order valence-corrected chi connectivity index (χ3v) is 6.64. The topological polar surface area (TPSA) is 93.1 Å². The van der Waals surface area contributed by atoms with Gasteiger partial charge in [-0.05, 0) is 61.9 Å². The normalized spacial score (nSPS) is 11.2. The SMILES string of the molecule is Cc1ccc(S(=O)(=O)Nc2ccc(C(=O)NCc3ccccc3-n3ccnc3C)cc2)cc1. The largest absolute Gasteiger partial charge is 0.348 e. The lowest BCUT2D eigenvalue weighted by atomic mass is 10.1. The summed E-state index contributed by atoms with van der Waals surface area (Å²) in [5.74, 6) is 0.609. The van der Waals surface area contributed by atoms with E-state index in [2.05, 4.69) is 15.0 Å². The summed E-state index contributed by atoms with van der Waals surface area (Å²) in [5.41, 5.74) is 3.70. The third kappa shape index (κ3) is 5.12. The van der Waals surface area contributed by atoms with Crippen LogP contribution in [-0.2, 0) is 16.6 Å². The molecule has 1 heterocycles. The molecule has 0 spiro atoms. The van der Waals surface area contributed by atoms with E-state index in [1.54, 1.807) is 54.7 Å². The van der Waals surface area contributed by atoms with Crippen LogP contribution in [0.5, 0.6) is 0 Å². The fraction of sp³-hybridized carbons (Fsp3) is 0.120. The van der Waals surface area contributed by atoms with Crippen LogP contribution in [0.2, 0.25) is 0 Å². The predicted octanol–water partition coefficient (Wildman–Crippen LogP) is 4.22. The number of anilines is 1. The number of nitrogens with one attached hydrogen (secondary N) is 2. The summed E-state index contributed by atoms with van der Waals surface area (Å²) in [4.78, 5) is 17.1. The summed E-state index contributed by atoms with van der Waals surface area (Å²) in [6.07, 6.45) is 3.62. The van der Waals surface area contributed by atoms with Crippen LogP contribution in [0.3, 0.4) is 0 Å². The van der Waals surface area contributed by atoms with Crippen LogP contribution in [0.25, 0.3) is 5.69 Å². The first-order valence-electron chi connectivity index (χ1n) is 10.4. The molecular formula is C25H24N4O3S. The highest BCUT2D eigenvalue weighted by atomic mass is 32.2. The first kappa shape index (κ1) is 22.3. The molecule has 168 valence electrons. The van der Waals surface area contributed by atoms with Crippen LogP contribution in [0.4, 0.5) is 5.69 Å². The van der Waals surface area contributed by atoms with Gasteiger partial charge in [-0.2, -0.15) is 0 Å². The molecule has 1 aromatic heterocycles. The average molecular weight is 461 g/mol. The van der Waals surface area contributed by atoms with Gasteiger partial charge in [0, 0.05) is 30.2 Å². The molecule has 0 bridgehead atoms. The van der Waals surface area contributed by atoms with Crippen molar-refractivity contribution in [3.63, 3.8) is 0 Å². The van der Waals surface area contributed by atoms with Crippen molar-refractivity contribution in [1.82, 2.24) is 14.9 Å². The van der Waals surface area contributed by atoms with Crippen LogP contribution in [0.1, 0.15) is 27.3 Å². The number of aryl methyl sites for hydroxylation is 2. The van der Waals surface area contributed by atoms with Crippen molar-refractivity contribution in [1.29, 1.82) is 0 Å². The highest BCUT2D eigenvalue weighted by Gasteiger charge is 2.15. The van der Waals surface area contributed by atoms with Crippen molar-refractivity contribution in [2.24, 2.45) is 0 Å². The van der Waals surface area contributed by atoms with Gasteiger partial charge in [-0.1, -0.05) is 35.9 Å². The minimum absolute atomic E-state index is 0.182. The number of sulfonamides is 1. The number of aromatic nitrogens is 2. The number of benzene rings is 3. The van der Waals surface area contributed by atoms with Gasteiger partial charge < -0.3 is 9.88 Å². The Balaban J connectivity index is 1.43. The van der Waals surface area contributed by atoms with Crippen molar-refractivity contribution in [2.45, 2.75) is 25.3 Å². The molecule has 3 aromatic carbocycles. The van der Waals surface area contributed by atoms with Gasteiger partial charge in [0.25, 0.3) is 15.9 Å². The van der Waals surface area contributed by atoms with Crippen LogP contribution in [-0.4, -0.2) is 23.9 Å². The zero-order valence-corrected chi connectivity index (χ0v) is 19.1. The minimum Gasteiger partial charge on any atom is -0.348 e. The van der Waals surface area contributed by atoms with Gasteiger partial charge >= 0.3 is 0 Å². The second-order valence-electron chi connectivity index (χ2n) is 7.65. The van der Waals surface area contributed by atoms with Gasteiger partial charge in [0.1, 0.15) is 5.82 Å². The predicted molar refractivity (Wildman–Crippen MR) is 128 cm³/mol. The maximum absolute atomic E-state index is 12.7. The Labute approximate surface area is 193 Å². The van der Waals surface area contributed by atoms with Crippen molar-refractivity contribution in [3.05, 3.63) is 108 Å². The highest BCUT2D eigenvalue weighted by Crippen LogP contribution is 2.18. The molecule has 4 rings (SSSR count). The molecule has 33 heavy (non-hydrogen) atoms. The molecule has 0 aliphatic carbocycles. The molecule has 2 N–H and O–H groups in total. The Morgan fingerprint density at radius 3 is 2.30 bits per heavy atom. The van der Waals surface area contributed by atoms with Gasteiger partial charge in [-0.25, -0.2) is 13.4 Å². The lowest BCUT2D eigenvalue weighted by Gasteiger charge is -2.13. The summed E-state index contributed by atoms with van der Waals surface area (Å²) in [5, 5.41) is 2.92. The van der Waals surface area contributed by atoms with E-state index in [1.807, 2.05) is 48.9 Å². The molecule has 0 aliphatic rings. The van der Waals surface area contributed by atoms with Crippen molar-refractivity contribution < 1.29 is 13.2 Å². The first-order valence-corrected chi connectivity index (χ1v) is 11.9. The summed E-state index contributed by atoms with van der Waals surface area (Å²) in [6, 6.07) is 20.7. The number of hydrogen-bond donors (Lipinski definition) is 2. The summed E-state index contributed by atoms with van der Waals surface area (Å²) in [7, 11) is -3.70. The maximum Gasteiger partial charge on any atom is 0.261 e.